The second kappa shape index (κ2) is 10.9. The first-order valence-corrected chi connectivity index (χ1v) is 8.99. The van der Waals surface area contributed by atoms with Gasteiger partial charge in [0.05, 0.1) is 31.0 Å². The molecule has 0 aromatic heterocycles. The molecule has 2 N–H and O–H groups in total. The lowest BCUT2D eigenvalue weighted by Crippen LogP contribution is -2.26. The molecule has 0 radical (unpaired) electrons. The lowest BCUT2D eigenvalue weighted by atomic mass is 10.2. The van der Waals surface area contributed by atoms with Gasteiger partial charge in [0.25, 0.3) is 5.91 Å². The van der Waals surface area contributed by atoms with E-state index in [-0.39, 0.29) is 18.2 Å². The minimum Gasteiger partial charge on any atom is -0.493 e. The van der Waals surface area contributed by atoms with Crippen LogP contribution in [-0.4, -0.2) is 38.8 Å². The number of hydrazone groups is 1. The Morgan fingerprint density at radius 2 is 1.86 bits per heavy atom. The molecule has 148 valence electrons. The van der Waals surface area contributed by atoms with Crippen molar-refractivity contribution in [3.63, 3.8) is 0 Å². The average molecular weight is 404 g/mol. The number of nitrogens with one attached hydrogen (secondary N) is 2. The largest absolute Gasteiger partial charge is 0.493 e. The van der Waals surface area contributed by atoms with Gasteiger partial charge in [0.2, 0.25) is 5.91 Å². The molecule has 2 aromatic carbocycles. The zero-order valence-electron chi connectivity index (χ0n) is 15.7. The molecule has 0 saturated heterocycles. The number of hydrogen-bond acceptors (Lipinski definition) is 5. The summed E-state index contributed by atoms with van der Waals surface area (Å²) in [5.74, 6) is 0.677. The Morgan fingerprint density at radius 3 is 2.57 bits per heavy atom. The van der Waals surface area contributed by atoms with Gasteiger partial charge in [0, 0.05) is 13.0 Å². The van der Waals surface area contributed by atoms with Gasteiger partial charge >= 0.3 is 0 Å². The molecule has 0 saturated carbocycles. The SMILES string of the molecule is COc1ccc(C=NNC(=O)CCCNC(=O)c2ccccc2Cl)cc1OC. The number of carbonyl (C=O) groups excluding carboxylic acids is 2. The summed E-state index contributed by atoms with van der Waals surface area (Å²) in [6.45, 7) is 0.358. The van der Waals surface area contributed by atoms with E-state index < -0.39 is 0 Å². The van der Waals surface area contributed by atoms with Gasteiger partial charge in [0.1, 0.15) is 0 Å². The Balaban J connectivity index is 1.72. The van der Waals surface area contributed by atoms with Crippen LogP contribution in [0.2, 0.25) is 5.02 Å². The molecule has 2 amide bonds. The van der Waals surface area contributed by atoms with E-state index in [0.29, 0.717) is 35.1 Å². The smallest absolute Gasteiger partial charge is 0.252 e. The quantitative estimate of drug-likeness (QED) is 0.382. The molecule has 0 aliphatic carbocycles. The number of rotatable bonds is 9. The Bertz CT molecular complexity index is 855. The van der Waals surface area contributed by atoms with E-state index in [4.69, 9.17) is 21.1 Å². The van der Waals surface area contributed by atoms with E-state index in [2.05, 4.69) is 15.8 Å². The fourth-order valence-electron chi connectivity index (χ4n) is 2.36. The molecule has 0 atom stereocenters. The van der Waals surface area contributed by atoms with E-state index >= 15 is 0 Å². The van der Waals surface area contributed by atoms with Gasteiger partial charge < -0.3 is 14.8 Å². The fraction of sp³-hybridized carbons (Fsp3) is 0.250. The van der Waals surface area contributed by atoms with Crippen LogP contribution < -0.4 is 20.2 Å². The molecule has 7 nitrogen and oxygen atoms in total. The van der Waals surface area contributed by atoms with Crippen molar-refractivity contribution in [2.45, 2.75) is 12.8 Å². The van der Waals surface area contributed by atoms with Gasteiger partial charge in [-0.3, -0.25) is 9.59 Å². The topological polar surface area (TPSA) is 89.0 Å². The molecule has 0 bridgehead atoms. The van der Waals surface area contributed by atoms with Crippen molar-refractivity contribution >= 4 is 29.6 Å². The van der Waals surface area contributed by atoms with Gasteiger partial charge in [-0.05, 0) is 42.3 Å². The fourth-order valence-corrected chi connectivity index (χ4v) is 2.58. The second-order valence-corrected chi connectivity index (χ2v) is 6.15. The number of hydrogen-bond donors (Lipinski definition) is 2. The minimum absolute atomic E-state index is 0.228. The van der Waals surface area contributed by atoms with Crippen LogP contribution in [0, 0.1) is 0 Å². The van der Waals surface area contributed by atoms with Crippen molar-refractivity contribution in [1.29, 1.82) is 0 Å². The average Bonchev–Trinajstić information content (AvgIpc) is 2.71. The van der Waals surface area contributed by atoms with Crippen molar-refractivity contribution in [2.75, 3.05) is 20.8 Å². The molecular weight excluding hydrogens is 382 g/mol. The summed E-state index contributed by atoms with van der Waals surface area (Å²) in [5.41, 5.74) is 3.62. The van der Waals surface area contributed by atoms with Crippen LogP contribution in [0.25, 0.3) is 0 Å². The Morgan fingerprint density at radius 1 is 1.11 bits per heavy atom. The third-order valence-corrected chi connectivity index (χ3v) is 4.12. The molecule has 0 aliphatic rings. The molecule has 0 unspecified atom stereocenters. The minimum atomic E-state index is -0.266. The van der Waals surface area contributed by atoms with Gasteiger partial charge in [-0.1, -0.05) is 23.7 Å². The van der Waals surface area contributed by atoms with Gasteiger partial charge in [-0.25, -0.2) is 5.43 Å². The summed E-state index contributed by atoms with van der Waals surface area (Å²) in [5, 5.41) is 7.04. The maximum atomic E-state index is 12.0. The van der Waals surface area contributed by atoms with Crippen molar-refractivity contribution in [1.82, 2.24) is 10.7 Å². The summed E-state index contributed by atoms with van der Waals surface area (Å²) in [7, 11) is 3.10. The third-order valence-electron chi connectivity index (χ3n) is 3.80. The summed E-state index contributed by atoms with van der Waals surface area (Å²) in [4.78, 5) is 23.8. The standard InChI is InChI=1S/C20H22ClN3O4/c1-27-17-10-9-14(12-18(17)28-2)13-23-24-19(25)8-5-11-22-20(26)15-6-3-4-7-16(15)21/h3-4,6-7,9-10,12-13H,5,8,11H2,1-2H3,(H,22,26)(H,24,25). The highest BCUT2D eigenvalue weighted by atomic mass is 35.5. The number of ether oxygens (including phenoxy) is 2. The molecule has 0 heterocycles. The molecule has 2 rings (SSSR count). The van der Waals surface area contributed by atoms with Gasteiger partial charge in [0.15, 0.2) is 11.5 Å². The number of carbonyl (C=O) groups is 2. The molecule has 8 heteroatoms. The zero-order chi connectivity index (χ0) is 20.4. The van der Waals surface area contributed by atoms with Crippen molar-refractivity contribution in [2.24, 2.45) is 5.10 Å². The molecule has 28 heavy (non-hydrogen) atoms. The number of methoxy groups -OCH3 is 2. The molecule has 0 spiro atoms. The first-order chi connectivity index (χ1) is 13.5. The number of amides is 2. The van der Waals surface area contributed by atoms with Crippen LogP contribution in [0.4, 0.5) is 0 Å². The van der Waals surface area contributed by atoms with Crippen molar-refractivity contribution < 1.29 is 19.1 Å². The normalized spacial score (nSPS) is 10.5. The lowest BCUT2D eigenvalue weighted by molar-refractivity contribution is -0.121. The van der Waals surface area contributed by atoms with Crippen LogP contribution >= 0.6 is 11.6 Å². The van der Waals surface area contributed by atoms with Crippen LogP contribution in [0.15, 0.2) is 47.6 Å². The highest BCUT2D eigenvalue weighted by Crippen LogP contribution is 2.26. The van der Waals surface area contributed by atoms with E-state index in [1.807, 2.05) is 0 Å². The van der Waals surface area contributed by atoms with E-state index in [1.54, 1.807) is 56.7 Å². The van der Waals surface area contributed by atoms with Gasteiger partial charge in [-0.15, -0.1) is 0 Å². The van der Waals surface area contributed by atoms with Crippen LogP contribution in [0.5, 0.6) is 11.5 Å². The molecule has 0 aliphatic heterocycles. The van der Waals surface area contributed by atoms with E-state index in [1.165, 1.54) is 6.21 Å². The number of nitrogens with zero attached hydrogens (tertiary/aromatic N) is 1. The molecule has 0 fully saturated rings. The van der Waals surface area contributed by atoms with E-state index in [0.717, 1.165) is 5.56 Å². The van der Waals surface area contributed by atoms with Crippen LogP contribution in [-0.2, 0) is 4.79 Å². The number of halogens is 1. The Kier molecular flexibility index (Phi) is 8.30. The van der Waals surface area contributed by atoms with Crippen LogP contribution in [0.3, 0.4) is 0 Å². The summed E-state index contributed by atoms with van der Waals surface area (Å²) >= 11 is 5.97. The second-order valence-electron chi connectivity index (χ2n) is 5.75. The summed E-state index contributed by atoms with van der Waals surface area (Å²) < 4.78 is 10.4. The zero-order valence-corrected chi connectivity index (χ0v) is 16.5. The number of benzene rings is 2. The Hall–Kier alpha value is -3.06. The van der Waals surface area contributed by atoms with E-state index in [9.17, 15) is 9.59 Å². The predicted octanol–water partition coefficient (Wildman–Crippen LogP) is 3.02. The summed E-state index contributed by atoms with van der Waals surface area (Å²) in [6, 6.07) is 12.1. The highest BCUT2D eigenvalue weighted by molar-refractivity contribution is 6.33. The molecular formula is C20H22ClN3O4. The summed E-state index contributed by atoms with van der Waals surface area (Å²) in [6.07, 6.45) is 2.22. The lowest BCUT2D eigenvalue weighted by Gasteiger charge is -2.07. The highest BCUT2D eigenvalue weighted by Gasteiger charge is 2.09. The van der Waals surface area contributed by atoms with Crippen molar-refractivity contribution in [3.05, 3.63) is 58.6 Å². The molecule has 2 aromatic rings. The van der Waals surface area contributed by atoms with Crippen molar-refractivity contribution in [3.8, 4) is 11.5 Å². The monoisotopic (exact) mass is 403 g/mol. The first-order valence-electron chi connectivity index (χ1n) is 8.61. The van der Waals surface area contributed by atoms with Gasteiger partial charge in [-0.2, -0.15) is 5.10 Å². The predicted molar refractivity (Wildman–Crippen MR) is 108 cm³/mol. The Labute approximate surface area is 168 Å². The maximum absolute atomic E-state index is 12.0. The van der Waals surface area contributed by atoms with Crippen LogP contribution in [0.1, 0.15) is 28.8 Å². The third kappa shape index (κ3) is 6.28. The first kappa shape index (κ1) is 21.2. The maximum Gasteiger partial charge on any atom is 0.252 e.